The van der Waals surface area contributed by atoms with E-state index < -0.39 is 17.9 Å². The van der Waals surface area contributed by atoms with Crippen LogP contribution in [0.2, 0.25) is 0 Å². The molecule has 7 heteroatoms. The molecule has 0 fully saturated rings. The minimum absolute atomic E-state index is 0.334. The maximum atomic E-state index is 13.8. The predicted molar refractivity (Wildman–Crippen MR) is 105 cm³/mol. The average molecular weight is 399 g/mol. The normalized spacial score (nSPS) is 12.1. The summed E-state index contributed by atoms with van der Waals surface area (Å²) in [5, 5.41) is 4.63. The Bertz CT molecular complexity index is 978. The maximum Gasteiger partial charge on any atom is 0.331 e. The molecule has 0 radical (unpaired) electrons. The van der Waals surface area contributed by atoms with Gasteiger partial charge < -0.3 is 14.5 Å². The molecule has 28 heavy (non-hydrogen) atoms. The molecule has 0 aliphatic carbocycles. The number of thiophene rings is 1. The van der Waals surface area contributed by atoms with E-state index in [1.165, 1.54) is 30.4 Å². The second kappa shape index (κ2) is 9.14. The summed E-state index contributed by atoms with van der Waals surface area (Å²) in [7, 11) is 0. The molecule has 0 spiro atoms. The van der Waals surface area contributed by atoms with Gasteiger partial charge in [0.1, 0.15) is 17.3 Å². The van der Waals surface area contributed by atoms with Gasteiger partial charge in [0.2, 0.25) is 0 Å². The number of hydrogen-bond donors (Lipinski definition) is 1. The molecular formula is C21H18FNO4S. The lowest BCUT2D eigenvalue weighted by Crippen LogP contribution is -2.34. The lowest BCUT2D eigenvalue weighted by atomic mass is 10.1. The summed E-state index contributed by atoms with van der Waals surface area (Å²) in [6.45, 7) is 1.89. The van der Waals surface area contributed by atoms with E-state index in [0.29, 0.717) is 23.6 Å². The molecule has 0 aliphatic heterocycles. The Hall–Kier alpha value is -3.19. The molecule has 5 nitrogen and oxygen atoms in total. The van der Waals surface area contributed by atoms with Gasteiger partial charge in [0.15, 0.2) is 6.10 Å². The summed E-state index contributed by atoms with van der Waals surface area (Å²) in [5.74, 6) is -0.732. The summed E-state index contributed by atoms with van der Waals surface area (Å²) in [6.07, 6.45) is 1.64. The van der Waals surface area contributed by atoms with Crippen LogP contribution in [0.1, 0.15) is 17.6 Å². The molecule has 0 unspecified atom stereocenters. The number of nitrogens with one attached hydrogen (secondary N) is 1. The highest BCUT2D eigenvalue weighted by atomic mass is 32.1. The van der Waals surface area contributed by atoms with Gasteiger partial charge in [-0.05, 0) is 48.7 Å². The van der Waals surface area contributed by atoms with E-state index in [1.807, 2.05) is 17.5 Å². The fraction of sp³-hybridized carbons (Fsp3) is 0.143. The van der Waals surface area contributed by atoms with Crippen molar-refractivity contribution < 1.29 is 23.1 Å². The standard InChI is InChI=1S/C21H18FNO4S/c1-14(21(25)23-13-16-5-4-12-28-16)26-20(24)11-9-15-8-10-19(27-15)17-6-2-3-7-18(17)22/h2-12,14H,13H2,1H3,(H,23,25)/b11-9+/t14-/m0/s1. The maximum absolute atomic E-state index is 13.8. The van der Waals surface area contributed by atoms with Gasteiger partial charge in [-0.15, -0.1) is 11.3 Å². The highest BCUT2D eigenvalue weighted by Crippen LogP contribution is 2.25. The lowest BCUT2D eigenvalue weighted by Gasteiger charge is -2.11. The Morgan fingerprint density at radius 3 is 2.79 bits per heavy atom. The molecule has 1 atom stereocenters. The second-order valence-electron chi connectivity index (χ2n) is 5.89. The van der Waals surface area contributed by atoms with Crippen LogP contribution in [0.15, 0.2) is 64.4 Å². The Morgan fingerprint density at radius 2 is 2.04 bits per heavy atom. The van der Waals surface area contributed by atoms with Gasteiger partial charge in [-0.25, -0.2) is 9.18 Å². The summed E-state index contributed by atoms with van der Waals surface area (Å²) in [6, 6.07) is 13.3. The summed E-state index contributed by atoms with van der Waals surface area (Å²) < 4.78 is 24.4. The molecule has 0 aliphatic rings. The number of esters is 1. The van der Waals surface area contributed by atoms with E-state index in [1.54, 1.807) is 30.3 Å². The van der Waals surface area contributed by atoms with E-state index in [0.717, 1.165) is 11.0 Å². The number of rotatable bonds is 7. The van der Waals surface area contributed by atoms with E-state index in [9.17, 15) is 14.0 Å². The van der Waals surface area contributed by atoms with Crippen molar-refractivity contribution in [3.63, 3.8) is 0 Å². The Balaban J connectivity index is 1.52. The Morgan fingerprint density at radius 1 is 1.21 bits per heavy atom. The number of benzene rings is 1. The minimum Gasteiger partial charge on any atom is -0.457 e. The van der Waals surface area contributed by atoms with Crippen molar-refractivity contribution in [1.29, 1.82) is 0 Å². The molecule has 0 saturated carbocycles. The molecule has 1 aromatic carbocycles. The van der Waals surface area contributed by atoms with Crippen molar-refractivity contribution in [3.05, 3.63) is 76.4 Å². The van der Waals surface area contributed by atoms with Gasteiger partial charge in [-0.3, -0.25) is 4.79 Å². The van der Waals surface area contributed by atoms with Crippen LogP contribution in [0.4, 0.5) is 4.39 Å². The first kappa shape index (κ1) is 19.6. The van der Waals surface area contributed by atoms with Gasteiger partial charge in [0.25, 0.3) is 5.91 Å². The lowest BCUT2D eigenvalue weighted by molar-refractivity contribution is -0.150. The topological polar surface area (TPSA) is 68.5 Å². The van der Waals surface area contributed by atoms with Crippen LogP contribution in [-0.4, -0.2) is 18.0 Å². The highest BCUT2D eigenvalue weighted by Gasteiger charge is 2.16. The smallest absolute Gasteiger partial charge is 0.331 e. The number of halogens is 1. The van der Waals surface area contributed by atoms with E-state index in [4.69, 9.17) is 9.15 Å². The summed E-state index contributed by atoms with van der Waals surface area (Å²) in [4.78, 5) is 24.9. The quantitative estimate of drug-likeness (QED) is 0.472. The van der Waals surface area contributed by atoms with Gasteiger partial charge in [0, 0.05) is 11.0 Å². The van der Waals surface area contributed by atoms with Crippen LogP contribution in [0.25, 0.3) is 17.4 Å². The van der Waals surface area contributed by atoms with Crippen LogP contribution in [0.5, 0.6) is 0 Å². The largest absolute Gasteiger partial charge is 0.457 e. The first-order chi connectivity index (χ1) is 13.5. The Labute approximate surface area is 165 Å². The third-order valence-corrected chi connectivity index (χ3v) is 4.71. The molecule has 144 valence electrons. The number of amides is 1. The molecule has 2 aromatic heterocycles. The van der Waals surface area contributed by atoms with Crippen molar-refractivity contribution in [2.45, 2.75) is 19.6 Å². The monoisotopic (exact) mass is 399 g/mol. The number of furan rings is 1. The van der Waals surface area contributed by atoms with Gasteiger partial charge in [-0.2, -0.15) is 0 Å². The molecule has 1 N–H and O–H groups in total. The highest BCUT2D eigenvalue weighted by molar-refractivity contribution is 7.09. The van der Waals surface area contributed by atoms with Crippen molar-refractivity contribution in [2.75, 3.05) is 0 Å². The minimum atomic E-state index is -0.928. The van der Waals surface area contributed by atoms with Crippen LogP contribution in [-0.2, 0) is 20.9 Å². The van der Waals surface area contributed by atoms with Crippen LogP contribution < -0.4 is 5.32 Å². The average Bonchev–Trinajstić information content (AvgIpc) is 3.36. The zero-order valence-electron chi connectivity index (χ0n) is 15.1. The zero-order chi connectivity index (χ0) is 19.9. The number of ether oxygens (including phenoxy) is 1. The predicted octanol–water partition coefficient (Wildman–Crippen LogP) is 4.41. The molecule has 2 heterocycles. The molecule has 0 saturated heterocycles. The molecule has 1 amide bonds. The van der Waals surface area contributed by atoms with Crippen LogP contribution in [0, 0.1) is 5.82 Å². The number of carbonyl (C=O) groups is 2. The van der Waals surface area contributed by atoms with Crippen LogP contribution in [0.3, 0.4) is 0 Å². The van der Waals surface area contributed by atoms with Crippen molar-refractivity contribution >= 4 is 29.3 Å². The second-order valence-corrected chi connectivity index (χ2v) is 6.92. The van der Waals surface area contributed by atoms with Crippen molar-refractivity contribution in [2.24, 2.45) is 0 Å². The fourth-order valence-electron chi connectivity index (χ4n) is 2.40. The first-order valence-corrected chi connectivity index (χ1v) is 9.44. The number of carbonyl (C=O) groups excluding carboxylic acids is 2. The Kier molecular flexibility index (Phi) is 6.39. The van der Waals surface area contributed by atoms with Crippen molar-refractivity contribution in [1.82, 2.24) is 5.32 Å². The van der Waals surface area contributed by atoms with E-state index in [-0.39, 0.29) is 5.91 Å². The first-order valence-electron chi connectivity index (χ1n) is 8.56. The third kappa shape index (κ3) is 5.17. The number of hydrogen-bond acceptors (Lipinski definition) is 5. The van der Waals surface area contributed by atoms with Gasteiger partial charge in [-0.1, -0.05) is 18.2 Å². The third-order valence-electron chi connectivity index (χ3n) is 3.83. The fourth-order valence-corrected chi connectivity index (χ4v) is 3.04. The molecule has 3 rings (SSSR count). The summed E-state index contributed by atoms with van der Waals surface area (Å²) in [5.41, 5.74) is 0.334. The molecular weight excluding hydrogens is 381 g/mol. The van der Waals surface area contributed by atoms with Gasteiger partial charge in [0.05, 0.1) is 12.1 Å². The van der Waals surface area contributed by atoms with Gasteiger partial charge >= 0.3 is 5.97 Å². The molecule has 0 bridgehead atoms. The van der Waals surface area contributed by atoms with Crippen LogP contribution >= 0.6 is 11.3 Å². The molecule has 3 aromatic rings. The van der Waals surface area contributed by atoms with E-state index >= 15 is 0 Å². The summed E-state index contributed by atoms with van der Waals surface area (Å²) >= 11 is 1.53. The van der Waals surface area contributed by atoms with E-state index in [2.05, 4.69) is 5.32 Å². The van der Waals surface area contributed by atoms with Crippen molar-refractivity contribution in [3.8, 4) is 11.3 Å². The SMILES string of the molecule is C[C@H](OC(=O)/C=C/c1ccc(-c2ccccc2F)o1)C(=O)NCc1cccs1. The zero-order valence-corrected chi connectivity index (χ0v) is 15.9.